The second-order valence-corrected chi connectivity index (χ2v) is 6.65. The number of hydrogen-bond donors (Lipinski definition) is 0. The first-order valence-corrected chi connectivity index (χ1v) is 7.43. The average Bonchev–Trinajstić information content (AvgIpc) is 2.80. The van der Waals surface area contributed by atoms with Crippen LogP contribution in [0.25, 0.3) is 0 Å². The molecule has 2 aliphatic carbocycles. The van der Waals surface area contributed by atoms with Gasteiger partial charge in [0.25, 0.3) is 0 Å². The predicted molar refractivity (Wildman–Crippen MR) is 76.4 cm³/mol. The average molecular weight is 246 g/mol. The van der Waals surface area contributed by atoms with Crippen LogP contribution in [-0.2, 0) is 4.79 Å². The molecule has 0 atom stereocenters. The fourth-order valence-electron chi connectivity index (χ4n) is 3.52. The van der Waals surface area contributed by atoms with Gasteiger partial charge in [-0.3, -0.25) is 4.79 Å². The highest BCUT2D eigenvalue weighted by molar-refractivity contribution is 5.92. The zero-order valence-corrected chi connectivity index (χ0v) is 12.1. The Balaban J connectivity index is 2.09. The monoisotopic (exact) mass is 246 g/mol. The molecular formula is C17H26O. The van der Waals surface area contributed by atoms with Crippen LogP contribution >= 0.6 is 0 Å². The van der Waals surface area contributed by atoms with Crippen LogP contribution in [0, 0.1) is 11.3 Å². The lowest BCUT2D eigenvalue weighted by atomic mass is 9.72. The van der Waals surface area contributed by atoms with Crippen molar-refractivity contribution < 1.29 is 4.79 Å². The molecule has 0 bridgehead atoms. The quantitative estimate of drug-likeness (QED) is 0.652. The molecule has 0 unspecified atom stereocenters. The molecular weight excluding hydrogens is 220 g/mol. The molecule has 2 rings (SSSR count). The largest absolute Gasteiger partial charge is 0.295 e. The number of allylic oxidation sites excluding steroid dienone is 4. The molecule has 0 amide bonds. The minimum atomic E-state index is 0.245. The van der Waals surface area contributed by atoms with Crippen LogP contribution in [0.4, 0.5) is 0 Å². The molecule has 0 heterocycles. The van der Waals surface area contributed by atoms with E-state index in [0.29, 0.717) is 11.7 Å². The van der Waals surface area contributed by atoms with Crippen LogP contribution in [0.1, 0.15) is 65.7 Å². The van der Waals surface area contributed by atoms with E-state index in [9.17, 15) is 4.79 Å². The molecule has 1 fully saturated rings. The van der Waals surface area contributed by atoms with E-state index in [0.717, 1.165) is 12.8 Å². The van der Waals surface area contributed by atoms with Crippen molar-refractivity contribution in [2.75, 3.05) is 0 Å². The van der Waals surface area contributed by atoms with Crippen LogP contribution < -0.4 is 0 Å². The normalized spacial score (nSPS) is 25.1. The molecule has 1 nitrogen and oxygen atoms in total. The number of ketones is 1. The zero-order chi connectivity index (χ0) is 13.2. The maximum Gasteiger partial charge on any atom is 0.158 e. The van der Waals surface area contributed by atoms with Crippen LogP contribution in [0.2, 0.25) is 0 Å². The third-order valence-electron chi connectivity index (χ3n) is 4.71. The van der Waals surface area contributed by atoms with E-state index in [2.05, 4.69) is 26.8 Å². The number of carbonyl (C=O) groups is 1. The van der Waals surface area contributed by atoms with Gasteiger partial charge in [0.1, 0.15) is 0 Å². The first-order chi connectivity index (χ1) is 8.50. The molecule has 0 saturated heterocycles. The lowest BCUT2D eigenvalue weighted by molar-refractivity contribution is -0.118. The molecule has 1 heteroatoms. The van der Waals surface area contributed by atoms with Gasteiger partial charge in [0.2, 0.25) is 0 Å². The smallest absolute Gasteiger partial charge is 0.158 e. The fourth-order valence-corrected chi connectivity index (χ4v) is 3.52. The molecule has 0 aliphatic heterocycles. The van der Waals surface area contributed by atoms with Gasteiger partial charge in [-0.15, -0.1) is 0 Å². The van der Waals surface area contributed by atoms with Crippen molar-refractivity contribution in [1.82, 2.24) is 0 Å². The Morgan fingerprint density at radius 1 is 1.22 bits per heavy atom. The van der Waals surface area contributed by atoms with E-state index in [1.807, 2.05) is 6.08 Å². The highest BCUT2D eigenvalue weighted by Gasteiger charge is 2.27. The first kappa shape index (κ1) is 13.6. The van der Waals surface area contributed by atoms with Crippen molar-refractivity contribution in [2.24, 2.45) is 11.3 Å². The van der Waals surface area contributed by atoms with Crippen molar-refractivity contribution >= 4 is 5.78 Å². The maximum atomic E-state index is 12.1. The van der Waals surface area contributed by atoms with Gasteiger partial charge in [-0.25, -0.2) is 0 Å². The fraction of sp³-hybridized carbons (Fsp3) is 0.706. The van der Waals surface area contributed by atoms with E-state index >= 15 is 0 Å². The Hall–Kier alpha value is -0.850. The Kier molecular flexibility index (Phi) is 4.09. The number of hydrogen-bond acceptors (Lipinski definition) is 1. The third kappa shape index (κ3) is 2.93. The summed E-state index contributed by atoms with van der Waals surface area (Å²) in [4.78, 5) is 12.1. The van der Waals surface area contributed by atoms with Crippen LogP contribution in [0.3, 0.4) is 0 Å². The van der Waals surface area contributed by atoms with Gasteiger partial charge in [-0.05, 0) is 56.1 Å². The topological polar surface area (TPSA) is 17.1 Å². The Morgan fingerprint density at radius 3 is 2.50 bits per heavy atom. The predicted octanol–water partition coefficient (Wildman–Crippen LogP) is 4.83. The van der Waals surface area contributed by atoms with Crippen molar-refractivity contribution in [2.45, 2.75) is 65.7 Å². The van der Waals surface area contributed by atoms with E-state index in [1.54, 1.807) is 0 Å². The minimum Gasteiger partial charge on any atom is -0.295 e. The highest BCUT2D eigenvalue weighted by Crippen LogP contribution is 2.40. The summed E-state index contributed by atoms with van der Waals surface area (Å²) in [5, 5.41) is 0. The van der Waals surface area contributed by atoms with Gasteiger partial charge in [-0.2, -0.15) is 0 Å². The number of carbonyl (C=O) groups excluding carboxylic acids is 1. The lowest BCUT2D eigenvalue weighted by Crippen LogP contribution is -2.19. The summed E-state index contributed by atoms with van der Waals surface area (Å²) in [5.74, 6) is 0.669. The van der Waals surface area contributed by atoms with E-state index in [-0.39, 0.29) is 5.41 Å². The zero-order valence-electron chi connectivity index (χ0n) is 12.1. The summed E-state index contributed by atoms with van der Waals surface area (Å²) in [6.45, 7) is 6.82. The van der Waals surface area contributed by atoms with Gasteiger partial charge in [0, 0.05) is 5.92 Å². The maximum absolute atomic E-state index is 12.1. The summed E-state index contributed by atoms with van der Waals surface area (Å²) < 4.78 is 0. The van der Waals surface area contributed by atoms with Crippen molar-refractivity contribution in [3.05, 3.63) is 23.3 Å². The van der Waals surface area contributed by atoms with E-state index in [1.165, 1.54) is 43.3 Å². The third-order valence-corrected chi connectivity index (χ3v) is 4.71. The molecule has 0 radical (unpaired) electrons. The Bertz CT molecular complexity index is 378. The summed E-state index contributed by atoms with van der Waals surface area (Å²) in [6.07, 6.45) is 12.4. The summed E-state index contributed by atoms with van der Waals surface area (Å²) >= 11 is 0. The lowest BCUT2D eigenvalue weighted by Gasteiger charge is -2.32. The van der Waals surface area contributed by atoms with Gasteiger partial charge >= 0.3 is 0 Å². The van der Waals surface area contributed by atoms with Gasteiger partial charge in [0.15, 0.2) is 5.78 Å². The van der Waals surface area contributed by atoms with Crippen LogP contribution in [0.15, 0.2) is 23.3 Å². The first-order valence-electron chi connectivity index (χ1n) is 7.43. The minimum absolute atomic E-state index is 0.245. The van der Waals surface area contributed by atoms with Crippen LogP contribution in [0.5, 0.6) is 0 Å². The summed E-state index contributed by atoms with van der Waals surface area (Å²) in [7, 11) is 0. The molecule has 100 valence electrons. The van der Waals surface area contributed by atoms with Gasteiger partial charge in [0.05, 0.1) is 0 Å². The van der Waals surface area contributed by atoms with Gasteiger partial charge in [-0.1, -0.05) is 38.3 Å². The second kappa shape index (κ2) is 5.42. The molecule has 0 spiro atoms. The van der Waals surface area contributed by atoms with Gasteiger partial charge < -0.3 is 0 Å². The molecule has 0 aromatic carbocycles. The second-order valence-electron chi connectivity index (χ2n) is 6.65. The SMILES string of the molecule is CC1=C(/C=C/C(=O)C2CCCC2)C(C)(C)CCC1. The molecule has 1 saturated carbocycles. The van der Waals surface area contributed by atoms with Crippen molar-refractivity contribution in [3.8, 4) is 0 Å². The van der Waals surface area contributed by atoms with Crippen molar-refractivity contribution in [1.29, 1.82) is 0 Å². The highest BCUT2D eigenvalue weighted by atomic mass is 16.1. The molecule has 0 N–H and O–H groups in total. The van der Waals surface area contributed by atoms with E-state index in [4.69, 9.17) is 0 Å². The number of rotatable bonds is 3. The molecule has 18 heavy (non-hydrogen) atoms. The summed E-state index contributed by atoms with van der Waals surface area (Å²) in [5.41, 5.74) is 3.12. The van der Waals surface area contributed by atoms with E-state index < -0.39 is 0 Å². The summed E-state index contributed by atoms with van der Waals surface area (Å²) in [6, 6.07) is 0. The molecule has 0 aromatic rings. The molecule has 2 aliphatic rings. The Morgan fingerprint density at radius 2 is 1.89 bits per heavy atom. The Labute approximate surface area is 111 Å². The van der Waals surface area contributed by atoms with Crippen molar-refractivity contribution in [3.63, 3.8) is 0 Å². The van der Waals surface area contributed by atoms with Crippen LogP contribution in [-0.4, -0.2) is 5.78 Å². The standard InChI is InChI=1S/C17H26O/c1-13-7-6-12-17(2,3)15(13)10-11-16(18)14-8-4-5-9-14/h10-11,14H,4-9,12H2,1-3H3/b11-10+. The molecule has 0 aromatic heterocycles.